The van der Waals surface area contributed by atoms with Gasteiger partial charge in [-0.1, -0.05) is 152 Å². The van der Waals surface area contributed by atoms with Crippen LogP contribution in [-0.4, -0.2) is 24.9 Å². The minimum Gasteiger partial charge on any atom is -0.121 e. The molecule has 0 aromatic heterocycles. The molecule has 2 aromatic carbocycles. The number of hydrogen-bond donors (Lipinski definition) is 0. The van der Waals surface area contributed by atoms with Gasteiger partial charge in [-0.25, -0.2) is 0 Å². The zero-order valence-corrected chi connectivity index (χ0v) is 32.3. The van der Waals surface area contributed by atoms with Gasteiger partial charge in [0.05, 0.1) is 0 Å². The third kappa shape index (κ3) is 8.66. The summed E-state index contributed by atoms with van der Waals surface area (Å²) < 4.78 is 0. The maximum absolute atomic E-state index is 2.52. The number of rotatable bonds is 8. The van der Waals surface area contributed by atoms with Crippen LogP contribution in [0.2, 0.25) is 25.3 Å². The third-order valence-electron chi connectivity index (χ3n) is 12.3. The fourth-order valence-electron chi connectivity index (χ4n) is 8.09. The van der Waals surface area contributed by atoms with Crippen molar-refractivity contribution in [3.63, 3.8) is 0 Å². The first-order valence-corrected chi connectivity index (χ1v) is 19.2. The second-order valence-electron chi connectivity index (χ2n) is 16.4. The van der Waals surface area contributed by atoms with E-state index in [1.807, 2.05) is 41.7 Å². The topological polar surface area (TPSA) is 0 Å². The Morgan fingerprint density at radius 1 is 0.500 bits per heavy atom. The molecule has 0 spiro atoms. The molecule has 46 heavy (non-hydrogen) atoms. The molecule has 2 heterocycles. The van der Waals surface area contributed by atoms with Gasteiger partial charge in [0.2, 0.25) is 0 Å². The van der Waals surface area contributed by atoms with Gasteiger partial charge >= 0.3 is 0 Å². The first-order valence-electron chi connectivity index (χ1n) is 17.3. The summed E-state index contributed by atoms with van der Waals surface area (Å²) in [4.78, 5) is 2.79. The van der Waals surface area contributed by atoms with Crippen molar-refractivity contribution in [1.29, 1.82) is 0 Å². The van der Waals surface area contributed by atoms with Gasteiger partial charge in [-0.15, -0.1) is 23.5 Å². The van der Waals surface area contributed by atoms with E-state index in [1.54, 1.807) is 11.1 Å². The fraction of sp³-hybridized carbons (Fsp3) is 0.488. The molecule has 2 radical (unpaired) electrons. The average Bonchev–Trinajstić information content (AvgIpc) is 3.70. The van der Waals surface area contributed by atoms with E-state index < -0.39 is 0 Å². The normalized spacial score (nSPS) is 22.2. The smallest absolute Gasteiger partial charge is 0.121 e. The summed E-state index contributed by atoms with van der Waals surface area (Å²) in [6.45, 7) is 21.6. The van der Waals surface area contributed by atoms with Gasteiger partial charge in [0.1, 0.15) is 0 Å². The summed E-state index contributed by atoms with van der Waals surface area (Å²) in [5.74, 6) is 2.20. The molecular formula is C41H55B2CoS2. The molecule has 2 aliphatic carbocycles. The molecule has 0 saturated carbocycles. The van der Waals surface area contributed by atoms with Crippen molar-refractivity contribution in [2.24, 2.45) is 21.7 Å². The molecule has 246 valence electrons. The summed E-state index contributed by atoms with van der Waals surface area (Å²) in [6.07, 6.45) is 17.8. The Morgan fingerprint density at radius 3 is 1.11 bits per heavy atom. The largest absolute Gasteiger partial charge is 0.172 e. The van der Waals surface area contributed by atoms with E-state index in [0.717, 1.165) is 11.5 Å². The van der Waals surface area contributed by atoms with Crippen molar-refractivity contribution in [3.05, 3.63) is 113 Å². The Hall–Kier alpha value is -1.26. The Morgan fingerprint density at radius 2 is 0.826 bits per heavy atom. The van der Waals surface area contributed by atoms with Gasteiger partial charge in [0.25, 0.3) is 0 Å². The van der Waals surface area contributed by atoms with Gasteiger partial charge in [0, 0.05) is 44.5 Å². The first kappa shape index (κ1) is 37.6. The Kier molecular flexibility index (Phi) is 12.7. The van der Waals surface area contributed by atoms with Gasteiger partial charge in [0.15, 0.2) is 13.4 Å². The second kappa shape index (κ2) is 15.5. The van der Waals surface area contributed by atoms with E-state index in [9.17, 15) is 0 Å². The summed E-state index contributed by atoms with van der Waals surface area (Å²) in [7, 11) is 0. The molecule has 0 bridgehead atoms. The van der Waals surface area contributed by atoms with E-state index in [-0.39, 0.29) is 16.8 Å². The quantitative estimate of drug-likeness (QED) is 0.200. The van der Waals surface area contributed by atoms with Gasteiger partial charge < -0.3 is 0 Å². The van der Waals surface area contributed by atoms with Crippen LogP contribution >= 0.6 is 23.5 Å². The molecule has 6 rings (SSSR count). The van der Waals surface area contributed by atoms with Crippen LogP contribution in [0.3, 0.4) is 0 Å². The standard InChI is InChI=1S/C36H50B2S2.C5H5.Co/c1-33(2)23-37(24-34(33,3)4)31-19-20-32(38-25-35(5,6)36(7,8)26-38)30(22-40-28-17-13-10-14-18-28)29(31)21-39-27-15-11-9-12-16-27;1-2-4-5-3-1;/h9-18H,19-26H2,1-8H3;1-5H;. The van der Waals surface area contributed by atoms with E-state index in [4.69, 9.17) is 0 Å². The van der Waals surface area contributed by atoms with Crippen LogP contribution in [0.1, 0.15) is 68.2 Å². The molecule has 0 nitrogen and oxygen atoms in total. The molecule has 4 aliphatic rings. The average molecular weight is 693 g/mol. The van der Waals surface area contributed by atoms with Gasteiger partial charge in [-0.2, -0.15) is 0 Å². The maximum atomic E-state index is 2.52. The van der Waals surface area contributed by atoms with Crippen LogP contribution < -0.4 is 0 Å². The predicted molar refractivity (Wildman–Crippen MR) is 206 cm³/mol. The zero-order chi connectivity index (χ0) is 32.3. The molecule has 2 fully saturated rings. The summed E-state index contributed by atoms with van der Waals surface area (Å²) in [5, 5.41) is 0. The van der Waals surface area contributed by atoms with Gasteiger partial charge in [-0.3, -0.25) is 0 Å². The van der Waals surface area contributed by atoms with Crippen LogP contribution in [0.5, 0.6) is 0 Å². The molecule has 0 atom stereocenters. The van der Waals surface area contributed by atoms with E-state index >= 15 is 0 Å². The maximum Gasteiger partial charge on any atom is 0.172 e. The number of thioether (sulfide) groups is 2. The summed E-state index contributed by atoms with van der Waals surface area (Å²) in [6, 6.07) is 22.2. The van der Waals surface area contributed by atoms with E-state index in [1.165, 1.54) is 47.9 Å². The third-order valence-corrected chi connectivity index (χ3v) is 14.4. The van der Waals surface area contributed by atoms with Gasteiger partial charge in [-0.05, 0) is 69.9 Å². The van der Waals surface area contributed by atoms with Crippen molar-refractivity contribution in [3.8, 4) is 0 Å². The number of allylic oxidation sites excluding steroid dienone is 6. The number of benzene rings is 2. The Balaban J connectivity index is 0.000000731. The number of hydrogen-bond acceptors (Lipinski definition) is 2. The van der Waals surface area contributed by atoms with Crippen LogP contribution in [0.15, 0.2) is 117 Å². The van der Waals surface area contributed by atoms with Crippen LogP contribution in [0.25, 0.3) is 0 Å². The van der Waals surface area contributed by atoms with Crippen molar-refractivity contribution >= 4 is 36.9 Å². The van der Waals surface area contributed by atoms with E-state index in [2.05, 4.69) is 140 Å². The van der Waals surface area contributed by atoms with Crippen molar-refractivity contribution in [2.45, 2.75) is 103 Å². The molecule has 5 heteroatoms. The molecule has 0 amide bonds. The first-order chi connectivity index (χ1) is 21.3. The Bertz CT molecular complexity index is 1290. The molecule has 2 aromatic rings. The van der Waals surface area contributed by atoms with Crippen LogP contribution in [0.4, 0.5) is 0 Å². The zero-order valence-electron chi connectivity index (χ0n) is 29.6. The van der Waals surface area contributed by atoms with Crippen molar-refractivity contribution < 1.29 is 16.8 Å². The SMILES string of the molecule is CC1(C)CB(C2=C(CSc3ccccc3)C(CSc3ccccc3)=C(B3CC(C)(C)C(C)(C)C3)CC2)CC1(C)C.[CH]1C=CC=C1.[Co]. The fourth-order valence-corrected chi connectivity index (χ4v) is 10.1. The molecule has 2 saturated heterocycles. The molecule has 2 aliphatic heterocycles. The molecular weight excluding hydrogens is 637 g/mol. The van der Waals surface area contributed by atoms with Crippen molar-refractivity contribution in [1.82, 2.24) is 0 Å². The molecule has 0 N–H and O–H groups in total. The van der Waals surface area contributed by atoms with E-state index in [0.29, 0.717) is 35.1 Å². The van der Waals surface area contributed by atoms with Crippen molar-refractivity contribution in [2.75, 3.05) is 11.5 Å². The van der Waals surface area contributed by atoms with Crippen LogP contribution in [-0.2, 0) is 16.8 Å². The summed E-state index contributed by atoms with van der Waals surface area (Å²) >= 11 is 4.12. The minimum atomic E-state index is 0. The summed E-state index contributed by atoms with van der Waals surface area (Å²) in [5.41, 5.74) is 8.58. The van der Waals surface area contributed by atoms with Crippen LogP contribution in [0, 0.1) is 28.1 Å². The second-order valence-corrected chi connectivity index (χ2v) is 18.5. The predicted octanol–water partition coefficient (Wildman–Crippen LogP) is 12.5. The Labute approximate surface area is 302 Å². The monoisotopic (exact) mass is 692 g/mol. The molecule has 0 unspecified atom stereocenters. The minimum absolute atomic E-state index is 0.